The van der Waals surface area contributed by atoms with Crippen molar-refractivity contribution in [3.8, 4) is 0 Å². The van der Waals surface area contributed by atoms with Crippen LogP contribution >= 0.6 is 39.9 Å². The van der Waals surface area contributed by atoms with Gasteiger partial charge in [-0.25, -0.2) is 0 Å². The maximum atomic E-state index is 12.6. The number of benzene rings is 1. The average molecular weight is 399 g/mol. The first-order valence-electron chi connectivity index (χ1n) is 6.41. The molecule has 2 aliphatic rings. The van der Waals surface area contributed by atoms with E-state index in [-0.39, 0.29) is 11.8 Å². The Kier molecular flexibility index (Phi) is 4.35. The van der Waals surface area contributed by atoms with Crippen molar-refractivity contribution in [1.29, 1.82) is 0 Å². The lowest BCUT2D eigenvalue weighted by Crippen LogP contribution is -2.31. The predicted molar refractivity (Wildman–Crippen MR) is 93.5 cm³/mol. The number of amides is 2. The van der Waals surface area contributed by atoms with Crippen LogP contribution in [-0.4, -0.2) is 41.3 Å². The van der Waals surface area contributed by atoms with Gasteiger partial charge in [-0.2, -0.15) is 0 Å². The molecule has 1 fully saturated rings. The van der Waals surface area contributed by atoms with Gasteiger partial charge in [0.25, 0.3) is 11.8 Å². The molecule has 2 aliphatic heterocycles. The van der Waals surface area contributed by atoms with E-state index in [2.05, 4.69) is 21.2 Å². The Labute approximate surface area is 145 Å². The van der Waals surface area contributed by atoms with E-state index in [0.29, 0.717) is 39.2 Å². The van der Waals surface area contributed by atoms with Crippen LogP contribution in [0.25, 0.3) is 5.57 Å². The normalized spacial score (nSPS) is 20.6. The average Bonchev–Trinajstić information content (AvgIpc) is 2.93. The summed E-state index contributed by atoms with van der Waals surface area (Å²) in [6, 6.07) is 5.46. The molecule has 114 valence electrons. The van der Waals surface area contributed by atoms with Crippen molar-refractivity contribution in [2.24, 2.45) is 0 Å². The summed E-state index contributed by atoms with van der Waals surface area (Å²) < 4.78 is 6.28. The zero-order valence-corrected chi connectivity index (χ0v) is 14.7. The first-order chi connectivity index (χ1) is 10.5. The molecule has 1 aromatic rings. The highest BCUT2D eigenvalue weighted by molar-refractivity contribution is 9.10. The summed E-state index contributed by atoms with van der Waals surface area (Å²) in [4.78, 5) is 26.7. The number of methoxy groups -OCH3 is 1. The number of carbonyl (C=O) groups is 2. The molecule has 0 bridgehead atoms. The maximum absolute atomic E-state index is 12.6. The summed E-state index contributed by atoms with van der Waals surface area (Å²) in [6.45, 7) is 0.772. The molecule has 2 amide bonds. The number of fused-ring (bicyclic) bond motifs is 1. The molecule has 0 radical (unpaired) electrons. The van der Waals surface area contributed by atoms with Crippen molar-refractivity contribution >= 4 is 67.3 Å². The number of carbonyl (C=O) groups excluding carboxylic acids is 2. The highest BCUT2D eigenvalue weighted by Crippen LogP contribution is 2.42. The van der Waals surface area contributed by atoms with Crippen molar-refractivity contribution in [2.75, 3.05) is 25.6 Å². The quantitative estimate of drug-likeness (QED) is 0.626. The van der Waals surface area contributed by atoms with Crippen LogP contribution in [-0.2, 0) is 14.3 Å². The molecule has 22 heavy (non-hydrogen) atoms. The second-order valence-corrected chi connectivity index (χ2v) is 7.23. The van der Waals surface area contributed by atoms with E-state index < -0.39 is 0 Å². The third-order valence-electron chi connectivity index (χ3n) is 3.32. The van der Waals surface area contributed by atoms with Crippen molar-refractivity contribution in [2.45, 2.75) is 0 Å². The molecular formula is C14H11BrN2O3S2. The van der Waals surface area contributed by atoms with Crippen LogP contribution in [0.5, 0.6) is 0 Å². The summed E-state index contributed by atoms with van der Waals surface area (Å²) in [5.41, 5.74) is 1.80. The summed E-state index contributed by atoms with van der Waals surface area (Å²) in [5.74, 6) is -0.523. The number of halogens is 1. The maximum Gasteiger partial charge on any atom is 0.267 e. The van der Waals surface area contributed by atoms with E-state index >= 15 is 0 Å². The lowest BCUT2D eigenvalue weighted by molar-refractivity contribution is -0.122. The fraction of sp³-hybridized carbons (Fsp3) is 0.214. The topological polar surface area (TPSA) is 58.6 Å². The van der Waals surface area contributed by atoms with E-state index in [9.17, 15) is 9.59 Å². The van der Waals surface area contributed by atoms with Gasteiger partial charge in [-0.1, -0.05) is 39.9 Å². The van der Waals surface area contributed by atoms with E-state index in [1.54, 1.807) is 13.2 Å². The Balaban J connectivity index is 2.05. The molecule has 5 nitrogen and oxygen atoms in total. The zero-order chi connectivity index (χ0) is 15.9. The number of anilines is 1. The zero-order valence-electron chi connectivity index (χ0n) is 11.5. The third-order valence-corrected chi connectivity index (χ3v) is 5.26. The smallest absolute Gasteiger partial charge is 0.267 e. The van der Waals surface area contributed by atoms with Gasteiger partial charge in [0, 0.05) is 22.8 Å². The molecule has 0 aromatic heterocycles. The van der Waals surface area contributed by atoms with Crippen molar-refractivity contribution in [3.05, 3.63) is 33.1 Å². The lowest BCUT2D eigenvalue weighted by Gasteiger charge is -2.13. The van der Waals surface area contributed by atoms with E-state index in [1.165, 1.54) is 4.90 Å². The fourth-order valence-electron chi connectivity index (χ4n) is 2.29. The highest BCUT2D eigenvalue weighted by Gasteiger charge is 2.39. The molecule has 0 spiro atoms. The van der Waals surface area contributed by atoms with E-state index in [1.807, 2.05) is 12.1 Å². The summed E-state index contributed by atoms with van der Waals surface area (Å²) in [6.07, 6.45) is 0. The Morgan fingerprint density at radius 1 is 1.41 bits per heavy atom. The SMILES string of the molecule is COCCN1C(=O)/C(=C2/C(=O)Nc3ccc(Br)cc32)SC1=S. The molecule has 8 heteroatoms. The molecule has 1 aromatic carbocycles. The predicted octanol–water partition coefficient (Wildman–Crippen LogP) is 2.62. The second-order valence-electron chi connectivity index (χ2n) is 4.67. The summed E-state index contributed by atoms with van der Waals surface area (Å²) in [5, 5.41) is 2.78. The number of thiocarbonyl (C=S) groups is 1. The molecule has 0 unspecified atom stereocenters. The standard InChI is InChI=1S/C14H11BrN2O3S2/c1-20-5-4-17-13(19)11(22-14(17)21)10-8-6-7(15)2-3-9(8)16-12(10)18/h2-3,6H,4-5H2,1H3,(H,16,18)/b11-10-. The summed E-state index contributed by atoms with van der Waals surface area (Å²) in [7, 11) is 1.56. The summed E-state index contributed by atoms with van der Waals surface area (Å²) >= 11 is 9.79. The van der Waals surface area contributed by atoms with Crippen LogP contribution in [0.3, 0.4) is 0 Å². The van der Waals surface area contributed by atoms with Gasteiger partial charge in [0.05, 0.1) is 23.6 Å². The minimum atomic E-state index is -0.277. The molecule has 1 saturated heterocycles. The van der Waals surface area contributed by atoms with Crippen LogP contribution in [0.4, 0.5) is 5.69 Å². The van der Waals surface area contributed by atoms with Gasteiger partial charge < -0.3 is 10.1 Å². The van der Waals surface area contributed by atoms with E-state index in [4.69, 9.17) is 17.0 Å². The number of nitrogens with zero attached hydrogens (tertiary/aromatic N) is 1. The van der Waals surface area contributed by atoms with Gasteiger partial charge in [0.15, 0.2) is 0 Å². The number of nitrogens with one attached hydrogen (secondary N) is 1. The van der Waals surface area contributed by atoms with Gasteiger partial charge in [-0.05, 0) is 18.2 Å². The number of hydrogen-bond donors (Lipinski definition) is 1. The van der Waals surface area contributed by atoms with Crippen molar-refractivity contribution in [1.82, 2.24) is 4.90 Å². The van der Waals surface area contributed by atoms with Gasteiger partial charge in [-0.15, -0.1) is 0 Å². The Morgan fingerprint density at radius 3 is 2.91 bits per heavy atom. The monoisotopic (exact) mass is 398 g/mol. The van der Waals surface area contributed by atoms with Gasteiger partial charge in [-0.3, -0.25) is 14.5 Å². The number of thioether (sulfide) groups is 1. The van der Waals surface area contributed by atoms with Crippen LogP contribution in [0, 0.1) is 0 Å². The van der Waals surface area contributed by atoms with Crippen LogP contribution in [0.15, 0.2) is 27.6 Å². The third kappa shape index (κ3) is 2.60. The Bertz CT molecular complexity index is 733. The van der Waals surface area contributed by atoms with Crippen LogP contribution < -0.4 is 5.32 Å². The fourth-order valence-corrected chi connectivity index (χ4v) is 4.04. The lowest BCUT2D eigenvalue weighted by atomic mass is 10.1. The number of rotatable bonds is 3. The van der Waals surface area contributed by atoms with Gasteiger partial charge >= 0.3 is 0 Å². The van der Waals surface area contributed by atoms with Gasteiger partial charge in [0.2, 0.25) is 0 Å². The molecule has 0 atom stereocenters. The first-order valence-corrected chi connectivity index (χ1v) is 8.43. The molecule has 0 aliphatic carbocycles. The van der Waals surface area contributed by atoms with Crippen LogP contribution in [0.1, 0.15) is 5.56 Å². The minimum Gasteiger partial charge on any atom is -0.383 e. The van der Waals surface area contributed by atoms with Crippen LogP contribution in [0.2, 0.25) is 0 Å². The number of hydrogen-bond acceptors (Lipinski definition) is 5. The van der Waals surface area contributed by atoms with Gasteiger partial charge in [0.1, 0.15) is 4.32 Å². The molecule has 1 N–H and O–H groups in total. The Morgan fingerprint density at radius 2 is 2.18 bits per heavy atom. The molecular weight excluding hydrogens is 388 g/mol. The molecule has 3 rings (SSSR count). The number of ether oxygens (including phenoxy) is 1. The Hall–Kier alpha value is -1.22. The largest absolute Gasteiger partial charge is 0.383 e. The molecule has 0 saturated carbocycles. The molecule has 2 heterocycles. The highest BCUT2D eigenvalue weighted by atomic mass is 79.9. The minimum absolute atomic E-state index is 0.245. The first kappa shape index (κ1) is 15.7. The van der Waals surface area contributed by atoms with E-state index in [0.717, 1.165) is 16.2 Å². The second kappa shape index (κ2) is 6.11. The van der Waals surface area contributed by atoms with Crippen molar-refractivity contribution < 1.29 is 14.3 Å². The van der Waals surface area contributed by atoms with Crippen molar-refractivity contribution in [3.63, 3.8) is 0 Å².